The van der Waals surface area contributed by atoms with Crippen molar-refractivity contribution >= 4 is 5.91 Å². The van der Waals surface area contributed by atoms with Gasteiger partial charge in [0.15, 0.2) is 6.61 Å². The molecule has 116 valence electrons. The molecular weight excluding hydrogens is 262 g/mol. The van der Waals surface area contributed by atoms with Gasteiger partial charge in [-0.25, -0.2) is 0 Å². The summed E-state index contributed by atoms with van der Waals surface area (Å²) in [7, 11) is 0. The van der Waals surface area contributed by atoms with Crippen LogP contribution < -0.4 is 4.74 Å². The average molecular weight is 289 g/mol. The van der Waals surface area contributed by atoms with Crippen LogP contribution in [0.5, 0.6) is 5.75 Å². The van der Waals surface area contributed by atoms with Crippen LogP contribution in [0.3, 0.4) is 0 Å². The van der Waals surface area contributed by atoms with Gasteiger partial charge in [0.05, 0.1) is 0 Å². The quantitative estimate of drug-likeness (QED) is 0.823. The molecule has 1 aliphatic rings. The summed E-state index contributed by atoms with van der Waals surface area (Å²) in [5.74, 6) is 0.929. The lowest BCUT2D eigenvalue weighted by atomic mass is 9.94. The molecule has 1 amide bonds. The molecule has 1 saturated carbocycles. The maximum absolute atomic E-state index is 12.4. The van der Waals surface area contributed by atoms with E-state index in [1.807, 2.05) is 24.0 Å². The Balaban J connectivity index is 1.92. The number of carbonyl (C=O) groups excluding carboxylic acids is 1. The largest absolute Gasteiger partial charge is 0.484 e. The Labute approximate surface area is 128 Å². The van der Waals surface area contributed by atoms with Crippen LogP contribution >= 0.6 is 0 Å². The summed E-state index contributed by atoms with van der Waals surface area (Å²) in [6, 6.07) is 6.47. The van der Waals surface area contributed by atoms with Crippen molar-refractivity contribution < 1.29 is 9.53 Å². The smallest absolute Gasteiger partial charge is 0.260 e. The van der Waals surface area contributed by atoms with Crippen molar-refractivity contribution in [3.63, 3.8) is 0 Å². The van der Waals surface area contributed by atoms with E-state index < -0.39 is 0 Å². The first-order valence-electron chi connectivity index (χ1n) is 8.11. The van der Waals surface area contributed by atoms with E-state index in [-0.39, 0.29) is 12.5 Å². The van der Waals surface area contributed by atoms with Crippen LogP contribution in [0.4, 0.5) is 0 Å². The fraction of sp³-hybridized carbons (Fsp3) is 0.611. The topological polar surface area (TPSA) is 29.5 Å². The zero-order valence-electron chi connectivity index (χ0n) is 13.5. The van der Waals surface area contributed by atoms with Crippen molar-refractivity contribution in [3.8, 4) is 5.75 Å². The van der Waals surface area contributed by atoms with Gasteiger partial charge in [-0.05, 0) is 45.2 Å². The number of hydrogen-bond donors (Lipinski definition) is 0. The third kappa shape index (κ3) is 4.23. The first-order valence-corrected chi connectivity index (χ1v) is 8.11. The summed E-state index contributed by atoms with van der Waals surface area (Å²) < 4.78 is 5.74. The van der Waals surface area contributed by atoms with Crippen LogP contribution in [-0.4, -0.2) is 30.0 Å². The second-order valence-electron chi connectivity index (χ2n) is 6.03. The summed E-state index contributed by atoms with van der Waals surface area (Å²) >= 11 is 0. The molecule has 0 bridgehead atoms. The molecule has 0 spiro atoms. The number of benzene rings is 1. The predicted octanol–water partition coefficient (Wildman–Crippen LogP) is 3.86. The molecule has 0 atom stereocenters. The molecule has 0 aromatic heterocycles. The Morgan fingerprint density at radius 1 is 1.24 bits per heavy atom. The van der Waals surface area contributed by atoms with E-state index in [4.69, 9.17) is 4.74 Å². The minimum absolute atomic E-state index is 0.115. The van der Waals surface area contributed by atoms with Crippen molar-refractivity contribution in [2.24, 2.45) is 0 Å². The number of ether oxygens (including phenoxy) is 1. The van der Waals surface area contributed by atoms with Crippen LogP contribution in [0.25, 0.3) is 0 Å². The van der Waals surface area contributed by atoms with Gasteiger partial charge in [-0.15, -0.1) is 0 Å². The molecule has 1 aromatic carbocycles. The summed E-state index contributed by atoms with van der Waals surface area (Å²) in [5.41, 5.74) is 2.30. The first kappa shape index (κ1) is 15.9. The lowest BCUT2D eigenvalue weighted by Crippen LogP contribution is -2.43. The molecule has 2 rings (SSSR count). The molecular formula is C18H27NO2. The fourth-order valence-corrected chi connectivity index (χ4v) is 3.21. The van der Waals surface area contributed by atoms with Gasteiger partial charge >= 0.3 is 0 Å². The molecule has 0 radical (unpaired) electrons. The Morgan fingerprint density at radius 3 is 2.57 bits per heavy atom. The Bertz CT molecular complexity index is 478. The number of carbonyl (C=O) groups is 1. The molecule has 21 heavy (non-hydrogen) atoms. The molecule has 0 heterocycles. The highest BCUT2D eigenvalue weighted by molar-refractivity contribution is 5.78. The summed E-state index contributed by atoms with van der Waals surface area (Å²) in [6.07, 6.45) is 6.08. The fourth-order valence-electron chi connectivity index (χ4n) is 3.21. The van der Waals surface area contributed by atoms with E-state index in [0.717, 1.165) is 30.7 Å². The molecule has 0 saturated heterocycles. The highest BCUT2D eigenvalue weighted by Gasteiger charge is 2.24. The minimum atomic E-state index is 0.115. The average Bonchev–Trinajstić information content (AvgIpc) is 2.48. The monoisotopic (exact) mass is 289 g/mol. The molecule has 3 nitrogen and oxygen atoms in total. The number of nitrogens with zero attached hydrogens (tertiary/aromatic N) is 1. The number of aryl methyl sites for hydroxylation is 2. The maximum atomic E-state index is 12.4. The third-order valence-corrected chi connectivity index (χ3v) is 4.36. The van der Waals surface area contributed by atoms with Crippen molar-refractivity contribution in [1.82, 2.24) is 4.90 Å². The van der Waals surface area contributed by atoms with E-state index in [1.54, 1.807) is 0 Å². The molecule has 0 unspecified atom stereocenters. The summed E-state index contributed by atoms with van der Waals surface area (Å²) in [5, 5.41) is 0. The molecule has 0 N–H and O–H groups in total. The van der Waals surface area contributed by atoms with Gasteiger partial charge in [-0.2, -0.15) is 0 Å². The van der Waals surface area contributed by atoms with Crippen LogP contribution in [0.2, 0.25) is 0 Å². The van der Waals surface area contributed by atoms with Crippen LogP contribution in [0, 0.1) is 13.8 Å². The second kappa shape index (κ2) is 7.48. The van der Waals surface area contributed by atoms with Crippen LogP contribution in [-0.2, 0) is 4.79 Å². The van der Waals surface area contributed by atoms with E-state index in [1.165, 1.54) is 24.8 Å². The highest BCUT2D eigenvalue weighted by Crippen LogP contribution is 2.23. The highest BCUT2D eigenvalue weighted by atomic mass is 16.5. The standard InChI is InChI=1S/C18H27NO2/c1-4-19(16-8-6-5-7-9-16)18(20)13-21-17-11-10-14(2)12-15(17)3/h10-12,16H,4-9,13H2,1-3H3. The van der Waals surface area contributed by atoms with Crippen molar-refractivity contribution in [2.45, 2.75) is 58.9 Å². The third-order valence-electron chi connectivity index (χ3n) is 4.36. The van der Waals surface area contributed by atoms with Gasteiger partial charge in [0.1, 0.15) is 5.75 Å². The van der Waals surface area contributed by atoms with Gasteiger partial charge in [0.25, 0.3) is 5.91 Å². The molecule has 0 aliphatic heterocycles. The summed E-state index contributed by atoms with van der Waals surface area (Å²) in [4.78, 5) is 14.4. The number of amides is 1. The second-order valence-corrected chi connectivity index (χ2v) is 6.03. The van der Waals surface area contributed by atoms with Gasteiger partial charge in [-0.3, -0.25) is 4.79 Å². The Hall–Kier alpha value is -1.51. The first-order chi connectivity index (χ1) is 10.1. The van der Waals surface area contributed by atoms with E-state index >= 15 is 0 Å². The zero-order valence-corrected chi connectivity index (χ0v) is 13.5. The Morgan fingerprint density at radius 2 is 1.95 bits per heavy atom. The molecule has 1 fully saturated rings. The Kier molecular flexibility index (Phi) is 5.66. The predicted molar refractivity (Wildman–Crippen MR) is 85.7 cm³/mol. The lowest BCUT2D eigenvalue weighted by Gasteiger charge is -2.33. The van der Waals surface area contributed by atoms with Gasteiger partial charge < -0.3 is 9.64 Å². The summed E-state index contributed by atoms with van der Waals surface area (Å²) in [6.45, 7) is 7.06. The van der Waals surface area contributed by atoms with E-state index in [0.29, 0.717) is 6.04 Å². The van der Waals surface area contributed by atoms with Gasteiger partial charge in [-0.1, -0.05) is 37.0 Å². The van der Waals surface area contributed by atoms with Gasteiger partial charge in [0.2, 0.25) is 0 Å². The van der Waals surface area contributed by atoms with Crippen molar-refractivity contribution in [3.05, 3.63) is 29.3 Å². The lowest BCUT2D eigenvalue weighted by molar-refractivity contribution is -0.136. The van der Waals surface area contributed by atoms with Crippen molar-refractivity contribution in [2.75, 3.05) is 13.2 Å². The minimum Gasteiger partial charge on any atom is -0.484 e. The van der Waals surface area contributed by atoms with Crippen LogP contribution in [0.1, 0.15) is 50.2 Å². The molecule has 3 heteroatoms. The SMILES string of the molecule is CCN(C(=O)COc1ccc(C)cc1C)C1CCCCC1. The number of likely N-dealkylation sites (N-methyl/N-ethyl adjacent to an activating group) is 1. The maximum Gasteiger partial charge on any atom is 0.260 e. The molecule has 1 aliphatic carbocycles. The number of hydrogen-bond acceptors (Lipinski definition) is 2. The van der Waals surface area contributed by atoms with E-state index in [9.17, 15) is 4.79 Å². The normalized spacial score (nSPS) is 15.8. The zero-order chi connectivity index (χ0) is 15.2. The van der Waals surface area contributed by atoms with Gasteiger partial charge in [0, 0.05) is 12.6 Å². The molecule has 1 aromatic rings. The van der Waals surface area contributed by atoms with E-state index in [2.05, 4.69) is 19.9 Å². The van der Waals surface area contributed by atoms with Crippen LogP contribution in [0.15, 0.2) is 18.2 Å². The number of rotatable bonds is 5. The van der Waals surface area contributed by atoms with Crippen molar-refractivity contribution in [1.29, 1.82) is 0 Å².